The van der Waals surface area contributed by atoms with Crippen LogP contribution in [0.3, 0.4) is 0 Å². The van der Waals surface area contributed by atoms with Crippen LogP contribution in [0.25, 0.3) is 0 Å². The zero-order chi connectivity index (χ0) is 18.3. The van der Waals surface area contributed by atoms with Gasteiger partial charge in [0.15, 0.2) is 0 Å². The van der Waals surface area contributed by atoms with Crippen LogP contribution in [0, 0.1) is 0 Å². The minimum absolute atomic E-state index is 0.322. The molecule has 2 heteroatoms. The fourth-order valence-corrected chi connectivity index (χ4v) is 1.93. The molecular formula is C24H22O2. The first-order valence-electron chi connectivity index (χ1n) is 8.36. The second-order valence-corrected chi connectivity index (χ2v) is 5.22. The molecule has 4 aromatic carbocycles. The van der Waals surface area contributed by atoms with Crippen LogP contribution in [0.15, 0.2) is 127 Å². The number of benzene rings is 4. The normalized spacial score (nSPS) is 8.92. The fourth-order valence-electron chi connectivity index (χ4n) is 1.93. The molecular weight excluding hydrogens is 320 g/mol. The summed E-state index contributed by atoms with van der Waals surface area (Å²) in [5, 5.41) is 8.63. The summed E-state index contributed by atoms with van der Waals surface area (Å²) in [6.07, 6.45) is 0. The predicted molar refractivity (Wildman–Crippen MR) is 108 cm³/mol. The third kappa shape index (κ3) is 8.37. The van der Waals surface area contributed by atoms with Gasteiger partial charge in [-0.2, -0.15) is 0 Å². The number of phenolic OH excluding ortho intramolecular Hbond substituents is 1. The van der Waals surface area contributed by atoms with E-state index in [-0.39, 0.29) is 0 Å². The van der Waals surface area contributed by atoms with Crippen LogP contribution < -0.4 is 4.74 Å². The van der Waals surface area contributed by atoms with Gasteiger partial charge in [-0.1, -0.05) is 91.0 Å². The average molecular weight is 342 g/mol. The van der Waals surface area contributed by atoms with Gasteiger partial charge in [0.2, 0.25) is 0 Å². The Bertz CT molecular complexity index is 737. The number of rotatable bonds is 2. The molecule has 0 spiro atoms. The second-order valence-electron chi connectivity index (χ2n) is 5.22. The van der Waals surface area contributed by atoms with Crippen molar-refractivity contribution in [3.63, 3.8) is 0 Å². The molecule has 2 nitrogen and oxygen atoms in total. The molecule has 4 rings (SSSR count). The Hall–Kier alpha value is -3.52. The van der Waals surface area contributed by atoms with Crippen molar-refractivity contribution in [1.82, 2.24) is 0 Å². The topological polar surface area (TPSA) is 29.5 Å². The lowest BCUT2D eigenvalue weighted by molar-refractivity contribution is 0.475. The Morgan fingerprint density at radius 3 is 0.923 bits per heavy atom. The summed E-state index contributed by atoms with van der Waals surface area (Å²) in [5.74, 6) is 2.06. The van der Waals surface area contributed by atoms with E-state index < -0.39 is 0 Å². The average Bonchev–Trinajstić information content (AvgIpc) is 2.72. The molecule has 0 bridgehead atoms. The lowest BCUT2D eigenvalue weighted by Crippen LogP contribution is -1.81. The number of ether oxygens (including phenoxy) is 1. The summed E-state index contributed by atoms with van der Waals surface area (Å²) in [6, 6.07) is 40.2. The van der Waals surface area contributed by atoms with E-state index in [0.29, 0.717) is 5.75 Å². The van der Waals surface area contributed by atoms with Crippen molar-refractivity contribution >= 4 is 0 Å². The Labute approximate surface area is 155 Å². The van der Waals surface area contributed by atoms with Gasteiger partial charge in [0.05, 0.1) is 0 Å². The van der Waals surface area contributed by atoms with Crippen LogP contribution in [0.2, 0.25) is 0 Å². The summed E-state index contributed by atoms with van der Waals surface area (Å²) in [6.45, 7) is 0. The molecule has 0 unspecified atom stereocenters. The number of para-hydroxylation sites is 3. The summed E-state index contributed by atoms with van der Waals surface area (Å²) >= 11 is 0. The Balaban J connectivity index is 0.000000157. The highest BCUT2D eigenvalue weighted by atomic mass is 16.5. The summed E-state index contributed by atoms with van der Waals surface area (Å²) in [4.78, 5) is 0. The van der Waals surface area contributed by atoms with Gasteiger partial charge in [0.1, 0.15) is 17.2 Å². The van der Waals surface area contributed by atoms with Crippen LogP contribution >= 0.6 is 0 Å². The van der Waals surface area contributed by atoms with Crippen molar-refractivity contribution in [3.8, 4) is 17.2 Å². The molecule has 0 aromatic heterocycles. The lowest BCUT2D eigenvalue weighted by atomic mass is 10.3. The summed E-state index contributed by atoms with van der Waals surface area (Å²) in [5.41, 5.74) is 0. The van der Waals surface area contributed by atoms with Crippen molar-refractivity contribution < 1.29 is 9.84 Å². The summed E-state index contributed by atoms with van der Waals surface area (Å²) in [7, 11) is 0. The number of aromatic hydroxyl groups is 1. The lowest BCUT2D eigenvalue weighted by Gasteiger charge is -2.03. The van der Waals surface area contributed by atoms with E-state index in [0.717, 1.165) is 11.5 Å². The van der Waals surface area contributed by atoms with Crippen LogP contribution in [-0.4, -0.2) is 5.11 Å². The van der Waals surface area contributed by atoms with Gasteiger partial charge in [0.25, 0.3) is 0 Å². The quantitative estimate of drug-likeness (QED) is 0.447. The maximum Gasteiger partial charge on any atom is 0.127 e. The summed E-state index contributed by atoms with van der Waals surface area (Å²) < 4.78 is 5.58. The minimum Gasteiger partial charge on any atom is -0.508 e. The molecule has 0 aliphatic rings. The first-order valence-corrected chi connectivity index (χ1v) is 8.36. The first kappa shape index (κ1) is 18.8. The highest BCUT2D eigenvalue weighted by Crippen LogP contribution is 2.19. The monoisotopic (exact) mass is 342 g/mol. The van der Waals surface area contributed by atoms with Gasteiger partial charge >= 0.3 is 0 Å². The Kier molecular flexibility index (Phi) is 8.63. The van der Waals surface area contributed by atoms with Crippen LogP contribution in [0.1, 0.15) is 0 Å². The maximum atomic E-state index is 8.63. The Morgan fingerprint density at radius 1 is 0.385 bits per heavy atom. The largest absolute Gasteiger partial charge is 0.508 e. The molecule has 130 valence electrons. The van der Waals surface area contributed by atoms with E-state index in [1.807, 2.05) is 103 Å². The molecule has 4 aromatic rings. The SMILES string of the molecule is Oc1ccccc1.c1ccc(Oc2ccccc2)cc1.c1ccccc1. The Morgan fingerprint density at radius 2 is 0.654 bits per heavy atom. The molecule has 0 amide bonds. The van der Waals surface area contributed by atoms with E-state index in [4.69, 9.17) is 9.84 Å². The smallest absolute Gasteiger partial charge is 0.127 e. The van der Waals surface area contributed by atoms with Gasteiger partial charge in [-0.15, -0.1) is 0 Å². The predicted octanol–water partition coefficient (Wildman–Crippen LogP) is 6.56. The highest BCUT2D eigenvalue weighted by molar-refractivity contribution is 5.30. The third-order valence-electron chi connectivity index (χ3n) is 3.14. The molecule has 1 N–H and O–H groups in total. The van der Waals surface area contributed by atoms with Crippen molar-refractivity contribution in [3.05, 3.63) is 127 Å². The zero-order valence-electron chi connectivity index (χ0n) is 14.5. The number of hydrogen-bond donors (Lipinski definition) is 1. The number of phenols is 1. The maximum absolute atomic E-state index is 8.63. The molecule has 0 heterocycles. The van der Waals surface area contributed by atoms with Crippen molar-refractivity contribution in [1.29, 1.82) is 0 Å². The molecule has 0 aliphatic carbocycles. The van der Waals surface area contributed by atoms with Crippen molar-refractivity contribution in [2.24, 2.45) is 0 Å². The fraction of sp³-hybridized carbons (Fsp3) is 0. The van der Waals surface area contributed by atoms with E-state index in [9.17, 15) is 0 Å². The zero-order valence-corrected chi connectivity index (χ0v) is 14.5. The molecule has 0 saturated heterocycles. The van der Waals surface area contributed by atoms with E-state index in [1.165, 1.54) is 0 Å². The van der Waals surface area contributed by atoms with Crippen molar-refractivity contribution in [2.75, 3.05) is 0 Å². The molecule has 0 saturated carbocycles. The van der Waals surface area contributed by atoms with Gasteiger partial charge < -0.3 is 9.84 Å². The van der Waals surface area contributed by atoms with Gasteiger partial charge in [-0.3, -0.25) is 0 Å². The highest BCUT2D eigenvalue weighted by Gasteiger charge is 1.92. The van der Waals surface area contributed by atoms with Gasteiger partial charge in [0, 0.05) is 0 Å². The molecule has 0 fully saturated rings. The van der Waals surface area contributed by atoms with E-state index in [2.05, 4.69) is 0 Å². The van der Waals surface area contributed by atoms with E-state index >= 15 is 0 Å². The van der Waals surface area contributed by atoms with Crippen LogP contribution in [0.4, 0.5) is 0 Å². The molecule has 26 heavy (non-hydrogen) atoms. The second kappa shape index (κ2) is 11.9. The standard InChI is InChI=1S/C12H10O.C6H6O.C6H6/c1-3-7-11(8-4-1)13-12-9-5-2-6-10-12;7-6-4-2-1-3-5-6;1-2-4-6-5-3-1/h1-10H;1-5,7H;1-6H. The van der Waals surface area contributed by atoms with Crippen molar-refractivity contribution in [2.45, 2.75) is 0 Å². The molecule has 0 aliphatic heterocycles. The van der Waals surface area contributed by atoms with E-state index in [1.54, 1.807) is 24.3 Å². The van der Waals surface area contributed by atoms with Crippen LogP contribution in [-0.2, 0) is 0 Å². The number of hydrogen-bond acceptors (Lipinski definition) is 2. The van der Waals surface area contributed by atoms with Gasteiger partial charge in [-0.05, 0) is 36.4 Å². The first-order chi connectivity index (χ1) is 12.8. The van der Waals surface area contributed by atoms with Gasteiger partial charge in [-0.25, -0.2) is 0 Å². The molecule has 0 atom stereocenters. The minimum atomic E-state index is 0.322. The van der Waals surface area contributed by atoms with Crippen LogP contribution in [0.5, 0.6) is 17.2 Å². The third-order valence-corrected chi connectivity index (χ3v) is 3.14. The molecule has 0 radical (unpaired) electrons.